The van der Waals surface area contributed by atoms with E-state index in [-0.39, 0.29) is 17.5 Å². The SMILES string of the molecule is Cn1c(CSCc2ccc(Cl)cc2Cl)nnc1SCC(=O)Nc1ccc(F)cc1. The molecule has 0 aliphatic carbocycles. The lowest BCUT2D eigenvalue weighted by Gasteiger charge is -2.06. The van der Waals surface area contributed by atoms with E-state index in [1.165, 1.54) is 36.0 Å². The fourth-order valence-electron chi connectivity index (χ4n) is 2.35. The summed E-state index contributed by atoms with van der Waals surface area (Å²) in [7, 11) is 1.87. The van der Waals surface area contributed by atoms with Crippen LogP contribution in [0.5, 0.6) is 0 Å². The fraction of sp³-hybridized carbons (Fsp3) is 0.211. The molecular formula is C19H17Cl2FN4OS2. The van der Waals surface area contributed by atoms with Crippen molar-refractivity contribution < 1.29 is 9.18 Å². The molecule has 1 N–H and O–H groups in total. The summed E-state index contributed by atoms with van der Waals surface area (Å²) in [5.74, 6) is 1.83. The van der Waals surface area contributed by atoms with Crippen LogP contribution in [0.1, 0.15) is 11.4 Å². The van der Waals surface area contributed by atoms with E-state index in [2.05, 4.69) is 15.5 Å². The molecule has 5 nitrogen and oxygen atoms in total. The van der Waals surface area contributed by atoms with Gasteiger partial charge in [0.1, 0.15) is 11.6 Å². The molecule has 0 atom stereocenters. The molecule has 3 aromatic rings. The van der Waals surface area contributed by atoms with E-state index in [0.29, 0.717) is 26.6 Å². The number of amides is 1. The third-order valence-electron chi connectivity index (χ3n) is 3.89. The Bertz CT molecular complexity index is 998. The van der Waals surface area contributed by atoms with Gasteiger partial charge in [0.15, 0.2) is 5.16 Å². The molecule has 10 heteroatoms. The van der Waals surface area contributed by atoms with E-state index in [1.54, 1.807) is 17.8 Å². The monoisotopic (exact) mass is 470 g/mol. The highest BCUT2D eigenvalue weighted by atomic mass is 35.5. The highest BCUT2D eigenvalue weighted by molar-refractivity contribution is 7.99. The van der Waals surface area contributed by atoms with E-state index >= 15 is 0 Å². The van der Waals surface area contributed by atoms with Crippen LogP contribution >= 0.6 is 46.7 Å². The minimum Gasteiger partial charge on any atom is -0.325 e. The fourth-order valence-corrected chi connectivity index (χ4v) is 4.64. The molecule has 3 rings (SSSR count). The minimum atomic E-state index is -0.347. The van der Waals surface area contributed by atoms with Crippen LogP contribution < -0.4 is 5.32 Å². The maximum atomic E-state index is 12.9. The number of hydrogen-bond donors (Lipinski definition) is 1. The van der Waals surface area contributed by atoms with Crippen molar-refractivity contribution in [2.75, 3.05) is 11.1 Å². The van der Waals surface area contributed by atoms with Crippen molar-refractivity contribution in [1.82, 2.24) is 14.8 Å². The lowest BCUT2D eigenvalue weighted by atomic mass is 10.2. The number of thioether (sulfide) groups is 2. The zero-order chi connectivity index (χ0) is 20.8. The smallest absolute Gasteiger partial charge is 0.234 e. The van der Waals surface area contributed by atoms with Gasteiger partial charge in [0.25, 0.3) is 0 Å². The summed E-state index contributed by atoms with van der Waals surface area (Å²) in [6.07, 6.45) is 0. The van der Waals surface area contributed by atoms with Crippen molar-refractivity contribution in [3.05, 3.63) is 69.7 Å². The van der Waals surface area contributed by atoms with Crippen LogP contribution in [0.3, 0.4) is 0 Å². The summed E-state index contributed by atoms with van der Waals surface area (Å²) >= 11 is 15.1. The van der Waals surface area contributed by atoms with Gasteiger partial charge in [0, 0.05) is 28.5 Å². The molecule has 2 aromatic carbocycles. The van der Waals surface area contributed by atoms with Crippen LogP contribution in [-0.4, -0.2) is 26.4 Å². The van der Waals surface area contributed by atoms with E-state index in [4.69, 9.17) is 23.2 Å². The van der Waals surface area contributed by atoms with E-state index < -0.39 is 0 Å². The number of rotatable bonds is 8. The Labute approximate surface area is 186 Å². The van der Waals surface area contributed by atoms with Crippen molar-refractivity contribution >= 4 is 58.3 Å². The molecule has 0 saturated heterocycles. The summed E-state index contributed by atoms with van der Waals surface area (Å²) in [5.41, 5.74) is 1.56. The van der Waals surface area contributed by atoms with Gasteiger partial charge in [-0.25, -0.2) is 4.39 Å². The van der Waals surface area contributed by atoms with E-state index in [9.17, 15) is 9.18 Å². The summed E-state index contributed by atoms with van der Waals surface area (Å²) in [4.78, 5) is 12.1. The Morgan fingerprint density at radius 2 is 1.90 bits per heavy atom. The molecule has 0 bridgehead atoms. The average Bonchev–Trinajstić information content (AvgIpc) is 3.03. The van der Waals surface area contributed by atoms with Crippen molar-refractivity contribution in [3.63, 3.8) is 0 Å². The maximum absolute atomic E-state index is 12.9. The molecule has 29 heavy (non-hydrogen) atoms. The highest BCUT2D eigenvalue weighted by Gasteiger charge is 2.12. The molecule has 1 heterocycles. The second kappa shape index (κ2) is 10.3. The third kappa shape index (κ3) is 6.37. The Morgan fingerprint density at radius 1 is 1.14 bits per heavy atom. The number of benzene rings is 2. The molecule has 0 unspecified atom stereocenters. The Hall–Kier alpha value is -1.74. The molecule has 0 fully saturated rings. The van der Waals surface area contributed by atoms with Crippen molar-refractivity contribution in [2.24, 2.45) is 7.05 Å². The average molecular weight is 471 g/mol. The number of hydrogen-bond acceptors (Lipinski definition) is 5. The molecule has 1 aromatic heterocycles. The van der Waals surface area contributed by atoms with Crippen molar-refractivity contribution in [3.8, 4) is 0 Å². The molecule has 0 spiro atoms. The van der Waals surface area contributed by atoms with Gasteiger partial charge >= 0.3 is 0 Å². The zero-order valence-corrected chi connectivity index (χ0v) is 18.5. The number of aromatic nitrogens is 3. The second-order valence-corrected chi connectivity index (χ2v) is 8.80. The number of carbonyl (C=O) groups is 1. The highest BCUT2D eigenvalue weighted by Crippen LogP contribution is 2.26. The third-order valence-corrected chi connectivity index (χ3v) is 6.47. The first-order valence-corrected chi connectivity index (χ1v) is 11.4. The first-order chi connectivity index (χ1) is 13.9. The summed E-state index contributed by atoms with van der Waals surface area (Å²) in [6.45, 7) is 0. The number of halogens is 3. The van der Waals surface area contributed by atoms with Crippen LogP contribution in [0.2, 0.25) is 10.0 Å². The van der Waals surface area contributed by atoms with Crippen LogP contribution in [0.15, 0.2) is 47.6 Å². The van der Waals surface area contributed by atoms with E-state index in [1.807, 2.05) is 23.7 Å². The second-order valence-electron chi connectivity index (χ2n) is 6.03. The lowest BCUT2D eigenvalue weighted by Crippen LogP contribution is -2.14. The number of anilines is 1. The normalized spacial score (nSPS) is 10.9. The van der Waals surface area contributed by atoms with Gasteiger partial charge in [-0.05, 0) is 42.0 Å². The Balaban J connectivity index is 1.48. The van der Waals surface area contributed by atoms with Gasteiger partial charge in [-0.2, -0.15) is 0 Å². The van der Waals surface area contributed by atoms with Gasteiger partial charge < -0.3 is 9.88 Å². The summed E-state index contributed by atoms with van der Waals surface area (Å²) in [6, 6.07) is 11.1. The quantitative estimate of drug-likeness (QED) is 0.445. The van der Waals surface area contributed by atoms with Crippen molar-refractivity contribution in [2.45, 2.75) is 16.7 Å². The Morgan fingerprint density at radius 3 is 2.62 bits per heavy atom. The molecular weight excluding hydrogens is 454 g/mol. The van der Waals surface area contributed by atoms with Crippen LogP contribution in [0.25, 0.3) is 0 Å². The largest absolute Gasteiger partial charge is 0.325 e. The maximum Gasteiger partial charge on any atom is 0.234 e. The van der Waals surface area contributed by atoms with Gasteiger partial charge in [0.2, 0.25) is 5.91 Å². The number of carbonyl (C=O) groups excluding carboxylic acids is 1. The summed E-state index contributed by atoms with van der Waals surface area (Å²) in [5, 5.41) is 13.0. The molecule has 152 valence electrons. The van der Waals surface area contributed by atoms with E-state index in [0.717, 1.165) is 17.1 Å². The Kier molecular flexibility index (Phi) is 7.83. The van der Waals surface area contributed by atoms with Crippen LogP contribution in [0.4, 0.5) is 10.1 Å². The lowest BCUT2D eigenvalue weighted by molar-refractivity contribution is -0.113. The minimum absolute atomic E-state index is 0.177. The van der Waals surface area contributed by atoms with Crippen LogP contribution in [-0.2, 0) is 23.3 Å². The standard InChI is InChI=1S/C19H17Cl2FN4OS2/c1-26-17(10-28-9-12-2-3-13(20)8-16(12)21)24-25-19(26)29-11-18(27)23-15-6-4-14(22)5-7-15/h2-8H,9-11H2,1H3,(H,23,27). The molecule has 0 radical (unpaired) electrons. The number of nitrogens with one attached hydrogen (secondary N) is 1. The summed E-state index contributed by atoms with van der Waals surface area (Å²) < 4.78 is 14.8. The predicted molar refractivity (Wildman–Crippen MR) is 118 cm³/mol. The molecule has 0 saturated carbocycles. The number of nitrogens with zero attached hydrogens (tertiary/aromatic N) is 3. The van der Waals surface area contributed by atoms with Crippen molar-refractivity contribution in [1.29, 1.82) is 0 Å². The van der Waals surface area contributed by atoms with Gasteiger partial charge in [-0.1, -0.05) is 41.0 Å². The van der Waals surface area contributed by atoms with Gasteiger partial charge in [-0.3, -0.25) is 4.79 Å². The van der Waals surface area contributed by atoms with Gasteiger partial charge in [0.05, 0.1) is 11.5 Å². The predicted octanol–water partition coefficient (Wildman–Crippen LogP) is 5.43. The van der Waals surface area contributed by atoms with Gasteiger partial charge in [-0.15, -0.1) is 22.0 Å². The molecule has 0 aliphatic rings. The zero-order valence-electron chi connectivity index (χ0n) is 15.4. The molecule has 1 amide bonds. The first-order valence-electron chi connectivity index (χ1n) is 8.50. The topological polar surface area (TPSA) is 59.8 Å². The first kappa shape index (κ1) is 22.0. The molecule has 0 aliphatic heterocycles. The van der Waals surface area contributed by atoms with Crippen LogP contribution in [0, 0.1) is 5.82 Å².